The van der Waals surface area contributed by atoms with Crippen LogP contribution in [0.3, 0.4) is 0 Å². The fourth-order valence-corrected chi connectivity index (χ4v) is 8.96. The number of piperazine rings is 1. The molecule has 4 amide bonds. The average molecular weight is 883 g/mol. The zero-order valence-electron chi connectivity index (χ0n) is 36.4. The lowest BCUT2D eigenvalue weighted by Crippen LogP contribution is -2.52. The van der Waals surface area contributed by atoms with Crippen molar-refractivity contribution in [3.63, 3.8) is 0 Å². The molecular formula is C43H54N12O7S. The summed E-state index contributed by atoms with van der Waals surface area (Å²) in [7, 11) is -3.84. The fraction of sp³-hybridized carbons (Fsp3) is 0.442. The summed E-state index contributed by atoms with van der Waals surface area (Å²) in [5.74, 6) is -0.0542. The van der Waals surface area contributed by atoms with E-state index in [4.69, 9.17) is 10.5 Å². The molecule has 5 heterocycles. The molecule has 2 aromatic heterocycles. The van der Waals surface area contributed by atoms with Crippen LogP contribution in [0.5, 0.6) is 5.75 Å². The Morgan fingerprint density at radius 3 is 2.52 bits per heavy atom. The van der Waals surface area contributed by atoms with Crippen molar-refractivity contribution in [3.8, 4) is 5.75 Å². The first-order valence-electron chi connectivity index (χ1n) is 21.0. The lowest BCUT2D eigenvalue weighted by molar-refractivity contribution is -0.137. The number of aliphatic imine (C=N–C) groups is 1. The number of hydrogen-bond acceptors (Lipinski definition) is 13. The molecule has 0 radical (unpaired) electrons. The summed E-state index contributed by atoms with van der Waals surface area (Å²) in [5, 5.41) is 16.2. The second-order valence-electron chi connectivity index (χ2n) is 16.8. The molecule has 63 heavy (non-hydrogen) atoms. The average Bonchev–Trinajstić information content (AvgIpc) is 3.75. The molecule has 19 nitrogen and oxygen atoms in total. The number of H-pyrrole nitrogens is 1. The molecule has 3 aliphatic rings. The zero-order chi connectivity index (χ0) is 45.2. The number of piperidine rings is 1. The molecule has 3 aliphatic heterocycles. The number of hydrogen-bond donors (Lipinski definition) is 5. The van der Waals surface area contributed by atoms with Crippen LogP contribution in [-0.2, 0) is 30.8 Å². The molecule has 334 valence electrons. The van der Waals surface area contributed by atoms with Gasteiger partial charge in [0.15, 0.2) is 21.6 Å². The number of ether oxygens (including phenoxy) is 1. The van der Waals surface area contributed by atoms with Crippen LogP contribution < -0.4 is 26.4 Å². The SMILES string of the molecule is CC/C(=C\N=C(N)N1CCN(CCCOc2cc3ncnc(Nc4n[nH]c(C)c4C)c3cc2S(=O)(=O)C(C)(C)C)CC1)C(=O)Nc1cccc2c1CN(C1CCC(=O)NC1=O)C2=O. The number of nitrogens with zero attached hydrogens (tertiary/aromatic N) is 7. The largest absolute Gasteiger partial charge is 0.492 e. The summed E-state index contributed by atoms with van der Waals surface area (Å²) < 4.78 is 32.9. The van der Waals surface area contributed by atoms with E-state index in [1.165, 1.54) is 17.4 Å². The highest BCUT2D eigenvalue weighted by molar-refractivity contribution is 7.92. The van der Waals surface area contributed by atoms with Gasteiger partial charge in [-0.1, -0.05) is 13.0 Å². The first-order valence-corrected chi connectivity index (χ1v) is 22.5. The Morgan fingerprint density at radius 1 is 1.08 bits per heavy atom. The number of imide groups is 1. The van der Waals surface area contributed by atoms with E-state index in [1.54, 1.807) is 51.1 Å². The van der Waals surface area contributed by atoms with Crippen molar-refractivity contribution in [3.05, 3.63) is 70.8 Å². The van der Waals surface area contributed by atoms with E-state index in [0.717, 1.165) is 11.3 Å². The maximum absolute atomic E-state index is 13.9. The Bertz CT molecular complexity index is 2630. The molecule has 2 aromatic carbocycles. The molecule has 0 bridgehead atoms. The summed E-state index contributed by atoms with van der Waals surface area (Å²) >= 11 is 0. The van der Waals surface area contributed by atoms with E-state index in [9.17, 15) is 27.6 Å². The normalized spacial score (nSPS) is 17.9. The van der Waals surface area contributed by atoms with Crippen molar-refractivity contribution < 1.29 is 32.3 Å². The first kappa shape index (κ1) is 44.6. The van der Waals surface area contributed by atoms with Gasteiger partial charge in [0.25, 0.3) is 11.8 Å². The predicted octanol–water partition coefficient (Wildman–Crippen LogP) is 3.68. The molecule has 0 spiro atoms. The van der Waals surface area contributed by atoms with Crippen molar-refractivity contribution in [1.82, 2.24) is 40.2 Å². The highest BCUT2D eigenvalue weighted by Crippen LogP contribution is 2.38. The number of nitrogens with one attached hydrogen (secondary N) is 4. The third kappa shape index (κ3) is 9.36. The minimum Gasteiger partial charge on any atom is -0.492 e. The Balaban J connectivity index is 0.935. The molecule has 4 aromatic rings. The van der Waals surface area contributed by atoms with Gasteiger partial charge in [-0.15, -0.1) is 0 Å². The number of guanidine groups is 1. The molecule has 0 aliphatic carbocycles. The van der Waals surface area contributed by atoms with Gasteiger partial charge < -0.3 is 30.9 Å². The molecular weight excluding hydrogens is 829 g/mol. The molecule has 1 unspecified atom stereocenters. The van der Waals surface area contributed by atoms with Gasteiger partial charge in [-0.25, -0.2) is 23.4 Å². The number of anilines is 3. The Kier molecular flexibility index (Phi) is 12.8. The third-order valence-electron chi connectivity index (χ3n) is 11.7. The van der Waals surface area contributed by atoms with E-state index in [0.29, 0.717) is 90.5 Å². The Labute approximate surface area is 365 Å². The van der Waals surface area contributed by atoms with E-state index in [1.807, 2.05) is 25.7 Å². The Hall–Kier alpha value is -6.41. The summed E-state index contributed by atoms with van der Waals surface area (Å²) in [6.07, 6.45) is 4.27. The second-order valence-corrected chi connectivity index (χ2v) is 19.5. The van der Waals surface area contributed by atoms with Gasteiger partial charge in [-0.3, -0.25) is 34.5 Å². The van der Waals surface area contributed by atoms with E-state index in [-0.39, 0.29) is 54.4 Å². The van der Waals surface area contributed by atoms with Crippen molar-refractivity contribution in [2.75, 3.05) is 50.0 Å². The number of carbonyl (C=O) groups excluding carboxylic acids is 4. The standard InChI is InChI=1S/C43H54N12O7S/c1-7-27(39(57)48-31-11-8-10-28-30(31)23-55(41(28)59)33-12-13-36(56)49-40(33)58)22-45-42(44)54-17-15-53(16-18-54)14-9-19-62-34-21-32-29(20-35(34)63(60,61)43(4,5)6)38(47-24-46-32)50-37-25(2)26(3)51-52-37/h8,10-11,20-22,24,33H,7,9,12-19,23H2,1-6H3,(H2,44,45)(H,48,57)(H,49,56,58)(H2,46,47,50,51,52)/b27-22+. The summed E-state index contributed by atoms with van der Waals surface area (Å²) in [6.45, 7) is 14.4. The number of aromatic amines is 1. The van der Waals surface area contributed by atoms with Crippen LogP contribution in [0.15, 0.2) is 58.3 Å². The van der Waals surface area contributed by atoms with Crippen LogP contribution in [0.1, 0.15) is 80.6 Å². The van der Waals surface area contributed by atoms with Gasteiger partial charge in [-0.05, 0) is 72.1 Å². The number of aromatic nitrogens is 4. The number of amides is 4. The van der Waals surface area contributed by atoms with E-state index < -0.39 is 32.4 Å². The number of nitrogens with two attached hydrogens (primary N) is 1. The van der Waals surface area contributed by atoms with Crippen LogP contribution in [0.25, 0.3) is 10.9 Å². The highest BCUT2D eigenvalue weighted by Gasteiger charge is 2.40. The van der Waals surface area contributed by atoms with Crippen LogP contribution in [0.2, 0.25) is 0 Å². The smallest absolute Gasteiger partial charge is 0.255 e. The molecule has 2 saturated heterocycles. The van der Waals surface area contributed by atoms with Crippen LogP contribution in [0, 0.1) is 13.8 Å². The van der Waals surface area contributed by atoms with Crippen molar-refractivity contribution in [1.29, 1.82) is 0 Å². The fourth-order valence-electron chi connectivity index (χ4n) is 7.65. The van der Waals surface area contributed by atoms with Crippen LogP contribution in [0.4, 0.5) is 17.3 Å². The highest BCUT2D eigenvalue weighted by atomic mass is 32.2. The van der Waals surface area contributed by atoms with E-state index >= 15 is 0 Å². The van der Waals surface area contributed by atoms with E-state index in [2.05, 4.69) is 46.0 Å². The molecule has 7 rings (SSSR count). The number of fused-ring (bicyclic) bond motifs is 2. The predicted molar refractivity (Wildman–Crippen MR) is 237 cm³/mol. The zero-order valence-corrected chi connectivity index (χ0v) is 37.2. The minimum atomic E-state index is -3.84. The summed E-state index contributed by atoms with van der Waals surface area (Å²) in [4.78, 5) is 69.9. The van der Waals surface area contributed by atoms with Crippen LogP contribution in [-0.4, -0.2) is 123 Å². The second kappa shape index (κ2) is 18.1. The van der Waals surface area contributed by atoms with Crippen molar-refractivity contribution in [2.45, 2.75) is 89.5 Å². The maximum atomic E-state index is 13.9. The minimum absolute atomic E-state index is 0.0647. The third-order valence-corrected chi connectivity index (χ3v) is 14.2. The summed E-state index contributed by atoms with van der Waals surface area (Å²) in [6, 6.07) is 7.51. The topological polar surface area (TPSA) is 250 Å². The maximum Gasteiger partial charge on any atom is 0.255 e. The molecule has 20 heteroatoms. The lowest BCUT2D eigenvalue weighted by Gasteiger charge is -2.35. The van der Waals surface area contributed by atoms with Gasteiger partial charge in [0.2, 0.25) is 11.8 Å². The molecule has 2 fully saturated rings. The van der Waals surface area contributed by atoms with Gasteiger partial charge in [0, 0.05) is 97.0 Å². The summed E-state index contributed by atoms with van der Waals surface area (Å²) in [5.41, 5.74) is 10.6. The first-order chi connectivity index (χ1) is 30.0. The van der Waals surface area contributed by atoms with Crippen molar-refractivity contribution in [2.24, 2.45) is 10.7 Å². The van der Waals surface area contributed by atoms with Gasteiger partial charge in [0.05, 0.1) is 16.9 Å². The van der Waals surface area contributed by atoms with Gasteiger partial charge in [-0.2, -0.15) is 5.10 Å². The quantitative estimate of drug-likeness (QED) is 0.0423. The number of carbonyl (C=O) groups is 4. The number of aryl methyl sites for hydroxylation is 1. The Morgan fingerprint density at radius 2 is 1.84 bits per heavy atom. The van der Waals surface area contributed by atoms with Crippen LogP contribution >= 0.6 is 0 Å². The lowest BCUT2D eigenvalue weighted by atomic mass is 10.0. The van der Waals surface area contributed by atoms with Gasteiger partial charge >= 0.3 is 0 Å². The number of benzene rings is 2. The van der Waals surface area contributed by atoms with Gasteiger partial charge in [0.1, 0.15) is 28.8 Å². The van der Waals surface area contributed by atoms with Crippen molar-refractivity contribution >= 4 is 67.7 Å². The molecule has 0 saturated carbocycles. The number of sulfone groups is 1. The molecule has 1 atom stereocenters. The number of rotatable bonds is 13. The molecule has 6 N–H and O–H groups in total. The monoisotopic (exact) mass is 882 g/mol.